The molecule has 4 rings (SSSR count). The Balaban J connectivity index is 1.65. The van der Waals surface area contributed by atoms with Gasteiger partial charge in [-0.2, -0.15) is 0 Å². The van der Waals surface area contributed by atoms with Crippen molar-refractivity contribution in [1.82, 2.24) is 0 Å². The van der Waals surface area contributed by atoms with Crippen LogP contribution in [0.2, 0.25) is 5.02 Å². The summed E-state index contributed by atoms with van der Waals surface area (Å²) in [5.41, 5.74) is 1.78. The molecule has 0 saturated carbocycles. The molecule has 2 fully saturated rings. The second-order valence-corrected chi connectivity index (χ2v) is 8.18. The normalized spacial score (nSPS) is 16.5. The number of hydrogen-bond acceptors (Lipinski definition) is 5. The average molecular weight is 443 g/mol. The van der Waals surface area contributed by atoms with Gasteiger partial charge in [0.05, 0.1) is 26.9 Å². The Labute approximate surface area is 184 Å². The topological polar surface area (TPSA) is 95.8 Å². The molecular weight excluding hydrogens is 420 g/mol. The van der Waals surface area contributed by atoms with Crippen molar-refractivity contribution < 1.29 is 14.5 Å². The molecule has 2 aliphatic rings. The van der Waals surface area contributed by atoms with Crippen molar-refractivity contribution in [3.63, 3.8) is 0 Å². The molecule has 0 aromatic heterocycles. The van der Waals surface area contributed by atoms with Crippen molar-refractivity contribution in [3.05, 3.63) is 57.1 Å². The van der Waals surface area contributed by atoms with Gasteiger partial charge in [-0.15, -0.1) is 0 Å². The molecule has 0 spiro atoms. The zero-order chi connectivity index (χ0) is 22.0. The molecule has 0 aliphatic carbocycles. The lowest BCUT2D eigenvalue weighted by Crippen LogP contribution is -2.31. The average Bonchev–Trinajstić information content (AvgIpc) is 3.21. The van der Waals surface area contributed by atoms with Crippen LogP contribution >= 0.6 is 11.6 Å². The fraction of sp³-hybridized carbons (Fsp3) is 0.364. The Morgan fingerprint density at radius 3 is 2.48 bits per heavy atom. The maximum absolute atomic E-state index is 13.2. The Kier molecular flexibility index (Phi) is 6.08. The zero-order valence-electron chi connectivity index (χ0n) is 17.0. The first kappa shape index (κ1) is 21.1. The number of nitrogens with one attached hydrogen (secondary N) is 1. The van der Waals surface area contributed by atoms with Crippen molar-refractivity contribution in [3.8, 4) is 0 Å². The van der Waals surface area contributed by atoms with Gasteiger partial charge in [-0.05, 0) is 49.9 Å². The maximum Gasteiger partial charge on any atom is 0.270 e. The highest BCUT2D eigenvalue weighted by Gasteiger charge is 2.24. The molecule has 31 heavy (non-hydrogen) atoms. The van der Waals surface area contributed by atoms with Crippen molar-refractivity contribution in [2.24, 2.45) is 0 Å². The number of piperidine rings is 1. The van der Waals surface area contributed by atoms with E-state index in [2.05, 4.69) is 10.2 Å². The minimum absolute atomic E-state index is 0.0330. The van der Waals surface area contributed by atoms with Gasteiger partial charge < -0.3 is 15.1 Å². The van der Waals surface area contributed by atoms with Crippen LogP contribution in [-0.2, 0) is 4.79 Å². The smallest absolute Gasteiger partial charge is 0.270 e. The number of halogens is 1. The summed E-state index contributed by atoms with van der Waals surface area (Å²) >= 11 is 6.30. The molecule has 2 aromatic rings. The minimum Gasteiger partial charge on any atom is -0.371 e. The number of nitro groups is 1. The molecule has 9 heteroatoms. The van der Waals surface area contributed by atoms with Crippen LogP contribution in [0, 0.1) is 10.1 Å². The molecule has 0 unspecified atom stereocenters. The SMILES string of the molecule is O=C(Nc1cc(N2CCCC2=O)ccc1Cl)c1cc([N+](=O)[O-])ccc1N1CCCCC1. The first-order valence-electron chi connectivity index (χ1n) is 10.4. The Morgan fingerprint density at radius 1 is 1.03 bits per heavy atom. The van der Waals surface area contributed by atoms with Crippen molar-refractivity contribution in [2.45, 2.75) is 32.1 Å². The van der Waals surface area contributed by atoms with E-state index in [1.807, 2.05) is 0 Å². The van der Waals surface area contributed by atoms with Gasteiger partial charge in [0, 0.05) is 43.9 Å². The van der Waals surface area contributed by atoms with Crippen LogP contribution in [0.5, 0.6) is 0 Å². The van der Waals surface area contributed by atoms with Crippen LogP contribution in [0.1, 0.15) is 42.5 Å². The number of amides is 2. The molecule has 1 N–H and O–H groups in total. The van der Waals surface area contributed by atoms with Crippen LogP contribution in [0.4, 0.5) is 22.7 Å². The molecule has 162 valence electrons. The lowest BCUT2D eigenvalue weighted by atomic mass is 10.1. The van der Waals surface area contributed by atoms with E-state index in [0.717, 1.165) is 38.8 Å². The molecular formula is C22H23ClN4O4. The number of rotatable bonds is 5. The minimum atomic E-state index is -0.511. The van der Waals surface area contributed by atoms with Gasteiger partial charge in [0.1, 0.15) is 0 Å². The Bertz CT molecular complexity index is 1040. The second-order valence-electron chi connectivity index (χ2n) is 7.77. The molecule has 0 bridgehead atoms. The van der Waals surface area contributed by atoms with E-state index in [1.54, 1.807) is 29.2 Å². The third-order valence-electron chi connectivity index (χ3n) is 5.72. The maximum atomic E-state index is 13.2. The Hall–Kier alpha value is -3.13. The van der Waals surface area contributed by atoms with Crippen molar-refractivity contribution >= 4 is 46.2 Å². The van der Waals surface area contributed by atoms with E-state index >= 15 is 0 Å². The monoisotopic (exact) mass is 442 g/mol. The lowest BCUT2D eigenvalue weighted by molar-refractivity contribution is -0.384. The largest absolute Gasteiger partial charge is 0.371 e. The van der Waals surface area contributed by atoms with Crippen LogP contribution in [0.25, 0.3) is 0 Å². The lowest BCUT2D eigenvalue weighted by Gasteiger charge is -2.30. The van der Waals surface area contributed by atoms with Gasteiger partial charge in [-0.3, -0.25) is 19.7 Å². The molecule has 0 atom stereocenters. The summed E-state index contributed by atoms with van der Waals surface area (Å²) in [6, 6.07) is 9.42. The van der Waals surface area contributed by atoms with Gasteiger partial charge in [0.15, 0.2) is 0 Å². The fourth-order valence-electron chi connectivity index (χ4n) is 4.12. The third-order valence-corrected chi connectivity index (χ3v) is 6.05. The summed E-state index contributed by atoms with van der Waals surface area (Å²) in [6.07, 6.45) is 4.43. The highest BCUT2D eigenvalue weighted by Crippen LogP contribution is 2.32. The predicted molar refractivity (Wildman–Crippen MR) is 120 cm³/mol. The number of nitrogens with zero attached hydrogens (tertiary/aromatic N) is 3. The molecule has 2 heterocycles. The van der Waals surface area contributed by atoms with E-state index in [0.29, 0.717) is 35.1 Å². The van der Waals surface area contributed by atoms with E-state index in [-0.39, 0.29) is 17.2 Å². The summed E-state index contributed by atoms with van der Waals surface area (Å²) in [7, 11) is 0. The summed E-state index contributed by atoms with van der Waals surface area (Å²) in [6.45, 7) is 2.22. The summed E-state index contributed by atoms with van der Waals surface area (Å²) in [4.78, 5) is 39.8. The molecule has 8 nitrogen and oxygen atoms in total. The third kappa shape index (κ3) is 4.49. The van der Waals surface area contributed by atoms with Crippen molar-refractivity contribution in [2.75, 3.05) is 34.8 Å². The van der Waals surface area contributed by atoms with Crippen molar-refractivity contribution in [1.29, 1.82) is 0 Å². The van der Waals surface area contributed by atoms with Gasteiger partial charge >= 0.3 is 0 Å². The van der Waals surface area contributed by atoms with Gasteiger partial charge in [0.25, 0.3) is 11.6 Å². The van der Waals surface area contributed by atoms with Gasteiger partial charge in [0.2, 0.25) is 5.91 Å². The zero-order valence-corrected chi connectivity index (χ0v) is 17.7. The first-order valence-corrected chi connectivity index (χ1v) is 10.8. The number of benzene rings is 2. The number of nitro benzene ring substituents is 1. The summed E-state index contributed by atoms with van der Waals surface area (Å²) in [5, 5.41) is 14.4. The highest BCUT2D eigenvalue weighted by atomic mass is 35.5. The molecule has 0 radical (unpaired) electrons. The molecule has 2 saturated heterocycles. The Morgan fingerprint density at radius 2 is 1.81 bits per heavy atom. The second kappa shape index (κ2) is 8.93. The summed E-state index contributed by atoms with van der Waals surface area (Å²) < 4.78 is 0. The first-order chi connectivity index (χ1) is 14.9. The molecule has 2 aromatic carbocycles. The number of carbonyl (C=O) groups is 2. The molecule has 2 amide bonds. The number of hydrogen-bond donors (Lipinski definition) is 1. The highest BCUT2D eigenvalue weighted by molar-refractivity contribution is 6.34. The predicted octanol–water partition coefficient (Wildman–Crippen LogP) is 4.62. The van der Waals surface area contributed by atoms with E-state index in [4.69, 9.17) is 11.6 Å². The number of non-ortho nitro benzene ring substituents is 1. The van der Waals surface area contributed by atoms with E-state index < -0.39 is 10.8 Å². The van der Waals surface area contributed by atoms with Gasteiger partial charge in [-0.1, -0.05) is 11.6 Å². The van der Waals surface area contributed by atoms with Gasteiger partial charge in [-0.25, -0.2) is 0 Å². The standard InChI is InChI=1S/C22H23ClN4O4/c23-18-8-6-15(26-12-4-5-21(26)28)14-19(18)24-22(29)17-13-16(27(30)31)7-9-20(17)25-10-2-1-3-11-25/h6-9,13-14H,1-5,10-12H2,(H,24,29). The fourth-order valence-corrected chi connectivity index (χ4v) is 4.28. The number of anilines is 3. The van der Waals surface area contributed by atoms with Crippen LogP contribution in [-0.4, -0.2) is 36.4 Å². The quantitative estimate of drug-likeness (QED) is 0.538. The van der Waals surface area contributed by atoms with Crippen LogP contribution in [0.3, 0.4) is 0 Å². The van der Waals surface area contributed by atoms with Crippen LogP contribution in [0.15, 0.2) is 36.4 Å². The molecule has 2 aliphatic heterocycles. The van der Waals surface area contributed by atoms with E-state index in [9.17, 15) is 19.7 Å². The van der Waals surface area contributed by atoms with Crippen LogP contribution < -0.4 is 15.1 Å². The summed E-state index contributed by atoms with van der Waals surface area (Å²) in [5.74, 6) is -0.443. The number of carbonyl (C=O) groups excluding carboxylic acids is 2. The van der Waals surface area contributed by atoms with E-state index in [1.165, 1.54) is 12.1 Å².